The molecule has 156 valence electrons. The second-order valence-corrected chi connectivity index (χ2v) is 7.84. The molecule has 1 aliphatic rings. The van der Waals surface area contributed by atoms with Gasteiger partial charge in [-0.1, -0.05) is 12.1 Å². The van der Waals surface area contributed by atoms with E-state index in [1.807, 2.05) is 38.1 Å². The molecule has 1 aliphatic heterocycles. The summed E-state index contributed by atoms with van der Waals surface area (Å²) in [6.45, 7) is 8.49. The number of carbonyl (C=O) groups excluding carboxylic acids is 1. The molecule has 2 aromatic carbocycles. The third-order valence-electron chi connectivity index (χ3n) is 5.65. The van der Waals surface area contributed by atoms with E-state index in [1.165, 1.54) is 16.5 Å². The van der Waals surface area contributed by atoms with E-state index in [1.54, 1.807) is 12.1 Å². The molecule has 0 saturated carbocycles. The first-order chi connectivity index (χ1) is 14.5. The highest BCUT2D eigenvalue weighted by Gasteiger charge is 2.15. The molecule has 6 heteroatoms. The standard InChI is InChI=1S/C24H25NO5/c1-16-11-21-20(13-23(26)30-22(21)12-17(16)2)15-29-24(27)19-5-3-18(4-6-19)14-25-7-9-28-10-8-25/h3-6,11-13H,7-10,14-15H2,1-2H3/p+1. The Kier molecular flexibility index (Phi) is 5.97. The van der Waals surface area contributed by atoms with Crippen LogP contribution in [0, 0.1) is 13.8 Å². The van der Waals surface area contributed by atoms with Gasteiger partial charge in [0.15, 0.2) is 0 Å². The normalized spacial score (nSPS) is 14.7. The molecule has 6 nitrogen and oxygen atoms in total. The van der Waals surface area contributed by atoms with Gasteiger partial charge >= 0.3 is 11.6 Å². The fourth-order valence-corrected chi connectivity index (χ4v) is 3.71. The lowest BCUT2D eigenvalue weighted by Crippen LogP contribution is -3.12. The van der Waals surface area contributed by atoms with Crippen LogP contribution in [0.1, 0.15) is 32.6 Å². The van der Waals surface area contributed by atoms with Gasteiger partial charge in [-0.3, -0.25) is 0 Å². The fraction of sp³-hybridized carbons (Fsp3) is 0.333. The molecular weight excluding hydrogens is 382 g/mol. The second kappa shape index (κ2) is 8.81. The number of rotatable bonds is 5. The number of hydrogen-bond acceptors (Lipinski definition) is 5. The van der Waals surface area contributed by atoms with E-state index in [9.17, 15) is 9.59 Å². The van der Waals surface area contributed by atoms with E-state index >= 15 is 0 Å². The first kappa shape index (κ1) is 20.3. The molecule has 0 amide bonds. The van der Waals surface area contributed by atoms with Crippen molar-refractivity contribution in [3.63, 3.8) is 0 Å². The molecule has 1 aromatic heterocycles. The van der Waals surface area contributed by atoms with E-state index in [0.717, 1.165) is 49.4 Å². The third kappa shape index (κ3) is 4.61. The van der Waals surface area contributed by atoms with E-state index in [-0.39, 0.29) is 6.61 Å². The smallest absolute Gasteiger partial charge is 0.338 e. The molecule has 4 rings (SSSR count). The highest BCUT2D eigenvalue weighted by atomic mass is 16.5. The van der Waals surface area contributed by atoms with Crippen LogP contribution in [0.2, 0.25) is 0 Å². The number of esters is 1. The van der Waals surface area contributed by atoms with Crippen molar-refractivity contribution in [2.75, 3.05) is 26.3 Å². The number of hydrogen-bond donors (Lipinski definition) is 1. The van der Waals surface area contributed by atoms with Gasteiger partial charge in [0.05, 0.1) is 18.8 Å². The van der Waals surface area contributed by atoms with Crippen LogP contribution in [0.5, 0.6) is 0 Å². The summed E-state index contributed by atoms with van der Waals surface area (Å²) in [6.07, 6.45) is 0. The number of ether oxygens (including phenoxy) is 2. The Hall–Kier alpha value is -2.96. The number of morpholine rings is 1. The predicted molar refractivity (Wildman–Crippen MR) is 113 cm³/mol. The summed E-state index contributed by atoms with van der Waals surface area (Å²) in [5.74, 6) is -0.412. The maximum atomic E-state index is 12.5. The average Bonchev–Trinajstić information content (AvgIpc) is 2.74. The summed E-state index contributed by atoms with van der Waals surface area (Å²) in [4.78, 5) is 25.9. The van der Waals surface area contributed by atoms with Crippen molar-refractivity contribution in [1.82, 2.24) is 0 Å². The van der Waals surface area contributed by atoms with E-state index in [4.69, 9.17) is 13.9 Å². The van der Waals surface area contributed by atoms with Gasteiger partial charge in [0.1, 0.15) is 31.8 Å². The van der Waals surface area contributed by atoms with Crippen molar-refractivity contribution in [1.29, 1.82) is 0 Å². The van der Waals surface area contributed by atoms with Crippen molar-refractivity contribution < 1.29 is 23.6 Å². The van der Waals surface area contributed by atoms with E-state index < -0.39 is 11.6 Å². The van der Waals surface area contributed by atoms with Gasteiger partial charge in [0.2, 0.25) is 0 Å². The van der Waals surface area contributed by atoms with Crippen LogP contribution in [0.25, 0.3) is 11.0 Å². The Bertz CT molecular complexity index is 1110. The monoisotopic (exact) mass is 408 g/mol. The molecule has 0 unspecified atom stereocenters. The Labute approximate surface area is 175 Å². The molecule has 1 N–H and O–H groups in total. The maximum Gasteiger partial charge on any atom is 0.338 e. The molecule has 3 aromatic rings. The largest absolute Gasteiger partial charge is 0.457 e. The number of benzene rings is 2. The van der Waals surface area contributed by atoms with Crippen molar-refractivity contribution in [2.24, 2.45) is 0 Å². The summed E-state index contributed by atoms with van der Waals surface area (Å²) in [5.41, 5.74) is 4.50. The number of nitrogens with one attached hydrogen (secondary N) is 1. The number of aryl methyl sites for hydroxylation is 2. The summed E-state index contributed by atoms with van der Waals surface area (Å²) in [5, 5.41) is 0.786. The first-order valence-electron chi connectivity index (χ1n) is 10.2. The van der Waals surface area contributed by atoms with Crippen molar-refractivity contribution in [3.8, 4) is 0 Å². The quantitative estimate of drug-likeness (QED) is 0.518. The van der Waals surface area contributed by atoms with Crippen LogP contribution < -0.4 is 10.5 Å². The average molecular weight is 408 g/mol. The first-order valence-corrected chi connectivity index (χ1v) is 10.2. The lowest BCUT2D eigenvalue weighted by atomic mass is 10.0. The Morgan fingerprint density at radius 3 is 2.47 bits per heavy atom. The number of fused-ring (bicyclic) bond motifs is 1. The molecule has 0 atom stereocenters. The Balaban J connectivity index is 1.44. The molecular formula is C24H26NO5+. The highest BCUT2D eigenvalue weighted by Crippen LogP contribution is 2.22. The number of carbonyl (C=O) groups is 1. The third-order valence-corrected chi connectivity index (χ3v) is 5.65. The Morgan fingerprint density at radius 2 is 1.73 bits per heavy atom. The minimum Gasteiger partial charge on any atom is -0.457 e. The molecule has 0 radical (unpaired) electrons. The van der Waals surface area contributed by atoms with Gasteiger partial charge in [-0.25, -0.2) is 9.59 Å². The summed E-state index contributed by atoms with van der Waals surface area (Å²) < 4.78 is 16.2. The highest BCUT2D eigenvalue weighted by molar-refractivity contribution is 5.89. The molecule has 1 fully saturated rings. The zero-order valence-electron chi connectivity index (χ0n) is 17.3. The van der Waals surface area contributed by atoms with Crippen LogP contribution in [-0.4, -0.2) is 32.3 Å². The predicted octanol–water partition coefficient (Wildman–Crippen LogP) is 2.18. The lowest BCUT2D eigenvalue weighted by molar-refractivity contribution is -0.921. The lowest BCUT2D eigenvalue weighted by Gasteiger charge is -2.23. The van der Waals surface area contributed by atoms with E-state index in [2.05, 4.69) is 0 Å². The van der Waals surface area contributed by atoms with Crippen molar-refractivity contribution in [2.45, 2.75) is 27.0 Å². The van der Waals surface area contributed by atoms with Crippen LogP contribution in [0.4, 0.5) is 0 Å². The van der Waals surface area contributed by atoms with Gasteiger partial charge in [-0.05, 0) is 49.2 Å². The zero-order chi connectivity index (χ0) is 21.1. The molecule has 0 aliphatic carbocycles. The molecule has 1 saturated heterocycles. The maximum absolute atomic E-state index is 12.5. The van der Waals surface area contributed by atoms with Crippen molar-refractivity contribution in [3.05, 3.63) is 80.7 Å². The molecule has 2 heterocycles. The summed E-state index contributed by atoms with van der Waals surface area (Å²) in [7, 11) is 0. The number of quaternary nitrogens is 1. The van der Waals surface area contributed by atoms with Crippen LogP contribution in [0.3, 0.4) is 0 Å². The summed E-state index contributed by atoms with van der Waals surface area (Å²) in [6, 6.07) is 12.7. The van der Waals surface area contributed by atoms with E-state index in [0.29, 0.717) is 16.7 Å². The SMILES string of the molecule is Cc1cc2oc(=O)cc(COC(=O)c3ccc(C[NH+]4CCOCC4)cc3)c2cc1C. The van der Waals surface area contributed by atoms with Crippen LogP contribution in [0.15, 0.2) is 51.7 Å². The van der Waals surface area contributed by atoms with Gasteiger partial charge in [-0.2, -0.15) is 0 Å². The zero-order valence-corrected chi connectivity index (χ0v) is 17.3. The second-order valence-electron chi connectivity index (χ2n) is 7.84. The van der Waals surface area contributed by atoms with Crippen molar-refractivity contribution >= 4 is 16.9 Å². The van der Waals surface area contributed by atoms with Crippen LogP contribution >= 0.6 is 0 Å². The molecule has 0 bridgehead atoms. The minimum absolute atomic E-state index is 0.0170. The van der Waals surface area contributed by atoms with Crippen LogP contribution in [-0.2, 0) is 22.6 Å². The Morgan fingerprint density at radius 1 is 1.03 bits per heavy atom. The molecule has 0 spiro atoms. The van der Waals surface area contributed by atoms with Gasteiger partial charge in [-0.15, -0.1) is 0 Å². The van der Waals surface area contributed by atoms with Gasteiger partial charge in [0, 0.05) is 22.6 Å². The fourth-order valence-electron chi connectivity index (χ4n) is 3.71. The van der Waals surface area contributed by atoms with Gasteiger partial charge in [0.25, 0.3) is 0 Å². The minimum atomic E-state index is -0.452. The topological polar surface area (TPSA) is 70.2 Å². The summed E-state index contributed by atoms with van der Waals surface area (Å²) >= 11 is 0. The van der Waals surface area contributed by atoms with Gasteiger partial charge < -0.3 is 18.8 Å². The molecule has 30 heavy (non-hydrogen) atoms.